The number of aliphatic imine (C=N–C) groups is 4. The quantitative estimate of drug-likeness (QED) is 0.156. The van der Waals surface area contributed by atoms with Gasteiger partial charge in [0.1, 0.15) is 22.6 Å². The van der Waals surface area contributed by atoms with Gasteiger partial charge in [0.2, 0.25) is 0 Å². The van der Waals surface area contributed by atoms with Crippen molar-refractivity contribution >= 4 is 65.4 Å². The first-order valence-electron chi connectivity index (χ1n) is 23.2. The molecule has 6 unspecified atom stereocenters. The molecule has 0 N–H and O–H groups in total. The summed E-state index contributed by atoms with van der Waals surface area (Å²) in [6.07, 6.45) is 7.24. The SMILES string of the molecule is CC1(C)C2CCC(CO[Si]3(OCC4CCC5CC4C5(C)C)n4c5c6ccccc6c4/N=C4N=C(/N=c6/c7ccccc7/c(n63)=N/C3=NC(=N\5)/c5ccccc53)c3ccccc3\4)C1C2. The third-order valence-electron chi connectivity index (χ3n) is 17.3. The average Bonchev–Trinajstić information content (AvgIpc) is 4.03. The van der Waals surface area contributed by atoms with Crippen LogP contribution in [0.3, 0.4) is 0 Å². The maximum atomic E-state index is 8.13. The Morgan fingerprint density at radius 3 is 1.25 bits per heavy atom. The fourth-order valence-electron chi connectivity index (χ4n) is 13.5. The van der Waals surface area contributed by atoms with Crippen LogP contribution in [0, 0.1) is 46.3 Å². The first-order chi connectivity index (χ1) is 30.7. The fourth-order valence-corrected chi connectivity index (χ4v) is 16.9. The number of rotatable bonds is 6. The van der Waals surface area contributed by atoms with Crippen LogP contribution in [0.25, 0.3) is 21.5 Å². The maximum absolute atomic E-state index is 8.13. The Morgan fingerprint density at radius 2 is 0.857 bits per heavy atom. The molecular formula is C52H50N8O2Si. The zero-order chi connectivity index (χ0) is 42.0. The number of hydrogen-bond donors (Lipinski definition) is 0. The molecule has 6 heterocycles. The summed E-state index contributed by atoms with van der Waals surface area (Å²) in [6.45, 7) is 11.0. The smallest absolute Gasteiger partial charge is 0.361 e. The van der Waals surface area contributed by atoms with Crippen LogP contribution < -0.4 is 11.0 Å². The molecule has 6 saturated carbocycles. The van der Waals surface area contributed by atoms with Crippen molar-refractivity contribution in [3.05, 3.63) is 130 Å². The van der Waals surface area contributed by atoms with Gasteiger partial charge in [0.05, 0.1) is 0 Å². The van der Waals surface area contributed by atoms with Gasteiger partial charge in [-0.1, -0.05) is 125 Å². The van der Waals surface area contributed by atoms with Crippen LogP contribution in [-0.2, 0) is 8.85 Å². The van der Waals surface area contributed by atoms with Crippen molar-refractivity contribution in [3.8, 4) is 0 Å². The molecule has 2 aromatic heterocycles. The van der Waals surface area contributed by atoms with Crippen LogP contribution in [0.15, 0.2) is 127 Å². The molecule has 4 aromatic carbocycles. The molecule has 63 heavy (non-hydrogen) atoms. The second-order valence-corrected chi connectivity index (χ2v) is 23.2. The van der Waals surface area contributed by atoms with Crippen molar-refractivity contribution in [2.24, 2.45) is 76.3 Å². The molecule has 314 valence electrons. The van der Waals surface area contributed by atoms with Gasteiger partial charge in [-0.05, 0) is 84.9 Å². The molecular weight excluding hydrogens is 797 g/mol. The van der Waals surface area contributed by atoms with Crippen LogP contribution in [0.5, 0.6) is 0 Å². The number of amidine groups is 4. The van der Waals surface area contributed by atoms with Crippen molar-refractivity contribution in [2.45, 2.75) is 66.2 Å². The molecule has 6 aromatic rings. The highest BCUT2D eigenvalue weighted by molar-refractivity contribution is 6.66. The van der Waals surface area contributed by atoms with E-state index >= 15 is 0 Å². The predicted octanol–water partition coefficient (Wildman–Crippen LogP) is 9.55. The summed E-state index contributed by atoms with van der Waals surface area (Å²) in [5.41, 5.74) is 5.78. The molecule has 10 nitrogen and oxygen atoms in total. The third-order valence-corrected chi connectivity index (χ3v) is 20.4. The van der Waals surface area contributed by atoms with Gasteiger partial charge in [0, 0.05) is 57.0 Å². The number of fused-ring (bicyclic) bond motifs is 18. The lowest BCUT2D eigenvalue weighted by atomic mass is 9.46. The standard InChI is InChI=1S/C52H50N8O2Si/c1-51(2)31-23-21-29(41(51)25-31)27-61-63(62-28-30-22-24-32-26-42(30)52(32,3)4)59-47-37-17-9-10-18-38(37)49(59)57-45-35-15-7-8-16-36(35)46(54-45)58-50-40-20-12-11-19-39(40)48(60(50)63)56-44-34-14-6-5-13-33(34)43(53-44)55-47/h5-20,29-32,41-42H,21-28H2,1-4H3/b55-43-,55-47?,56-44?,56-48-,57-45-,57-49?,58-46?,58-50-. The van der Waals surface area contributed by atoms with Gasteiger partial charge in [-0.15, -0.1) is 0 Å². The third kappa shape index (κ3) is 4.90. The first-order valence-corrected chi connectivity index (χ1v) is 24.9. The summed E-state index contributed by atoms with van der Waals surface area (Å²) in [6, 6.07) is 33.7. The predicted molar refractivity (Wildman–Crippen MR) is 249 cm³/mol. The van der Waals surface area contributed by atoms with Crippen molar-refractivity contribution in [2.75, 3.05) is 13.2 Å². The Morgan fingerprint density at radius 1 is 0.476 bits per heavy atom. The summed E-state index contributed by atoms with van der Waals surface area (Å²) >= 11 is 0. The minimum Gasteiger partial charge on any atom is -0.361 e. The Bertz CT molecular complexity index is 3070. The van der Waals surface area contributed by atoms with Crippen LogP contribution in [0.4, 0.5) is 11.6 Å². The lowest BCUT2D eigenvalue weighted by molar-refractivity contribution is -0.124. The first kappa shape index (κ1) is 36.8. The second kappa shape index (κ2) is 12.8. The van der Waals surface area contributed by atoms with E-state index in [1.807, 2.05) is 0 Å². The van der Waals surface area contributed by atoms with E-state index in [2.05, 4.69) is 133 Å². The van der Waals surface area contributed by atoms with E-state index in [1.165, 1.54) is 25.7 Å². The number of nitrogens with zero attached hydrogens (tertiary/aromatic N) is 8. The van der Waals surface area contributed by atoms with Gasteiger partial charge < -0.3 is 8.85 Å². The molecule has 0 radical (unpaired) electrons. The van der Waals surface area contributed by atoms with E-state index in [1.54, 1.807) is 0 Å². The second-order valence-electron chi connectivity index (χ2n) is 20.7. The normalized spacial score (nSPS) is 32.2. The van der Waals surface area contributed by atoms with Gasteiger partial charge in [0.15, 0.2) is 23.3 Å². The van der Waals surface area contributed by atoms with Gasteiger partial charge in [-0.2, -0.15) is 0 Å². The Hall–Kier alpha value is -5.62. The number of aromatic nitrogens is 2. The van der Waals surface area contributed by atoms with Gasteiger partial charge in [-0.25, -0.2) is 30.0 Å². The molecule has 16 rings (SSSR count). The molecule has 6 fully saturated rings. The van der Waals surface area contributed by atoms with E-state index < -0.39 is 8.88 Å². The summed E-state index contributed by atoms with van der Waals surface area (Å²) in [5.74, 6) is 7.36. The molecule has 11 heteroatoms. The van der Waals surface area contributed by atoms with E-state index in [4.69, 9.17) is 38.8 Å². The van der Waals surface area contributed by atoms with Crippen molar-refractivity contribution in [1.82, 2.24) is 8.47 Å². The minimum atomic E-state index is -4.17. The summed E-state index contributed by atoms with van der Waals surface area (Å²) in [4.78, 5) is 33.2. The lowest BCUT2D eigenvalue weighted by Crippen LogP contribution is -2.66. The van der Waals surface area contributed by atoms with Crippen LogP contribution in [0.1, 0.15) is 88.5 Å². The lowest BCUT2D eigenvalue weighted by Gasteiger charge is -2.60. The average molecular weight is 847 g/mol. The van der Waals surface area contributed by atoms with Crippen LogP contribution in [0.2, 0.25) is 0 Å². The Kier molecular flexibility index (Phi) is 7.46. The maximum Gasteiger partial charge on any atom is 0.603 e. The van der Waals surface area contributed by atoms with Crippen LogP contribution in [-0.4, -0.2) is 53.9 Å². The Balaban J connectivity index is 1.15. The number of benzene rings is 4. The highest BCUT2D eigenvalue weighted by atomic mass is 28.4. The molecule has 0 amide bonds. The van der Waals surface area contributed by atoms with Crippen molar-refractivity contribution in [1.29, 1.82) is 0 Å². The molecule has 6 atom stereocenters. The molecule has 0 saturated heterocycles. The van der Waals surface area contributed by atoms with E-state index in [9.17, 15) is 0 Å². The molecule has 10 aliphatic rings. The number of hydrogen-bond acceptors (Lipinski definition) is 8. The fraction of sp³-hybridized carbons (Fsp3) is 0.385. The largest absolute Gasteiger partial charge is 0.603 e. The van der Waals surface area contributed by atoms with Crippen molar-refractivity contribution < 1.29 is 8.85 Å². The topological polar surface area (TPSA) is 102 Å². The highest BCUT2D eigenvalue weighted by Crippen LogP contribution is 2.63. The molecule has 4 aliphatic heterocycles. The Labute approximate surface area is 367 Å². The summed E-state index contributed by atoms with van der Waals surface area (Å²) in [5, 5.41) is 3.83. The summed E-state index contributed by atoms with van der Waals surface area (Å²) in [7, 11) is -4.17. The van der Waals surface area contributed by atoms with Gasteiger partial charge >= 0.3 is 8.88 Å². The van der Waals surface area contributed by atoms with E-state index in [-0.39, 0.29) is 10.8 Å². The zero-order valence-corrected chi connectivity index (χ0v) is 37.3. The molecule has 10 bridgehead atoms. The minimum absolute atomic E-state index is 0.277. The summed E-state index contributed by atoms with van der Waals surface area (Å²) < 4.78 is 20.9. The molecule has 0 spiro atoms. The zero-order valence-electron chi connectivity index (χ0n) is 36.3. The van der Waals surface area contributed by atoms with Gasteiger partial charge in [0.25, 0.3) is 0 Å². The van der Waals surface area contributed by atoms with Crippen molar-refractivity contribution in [3.63, 3.8) is 0 Å². The monoisotopic (exact) mass is 846 g/mol. The van der Waals surface area contributed by atoms with E-state index in [0.29, 0.717) is 60.2 Å². The van der Waals surface area contributed by atoms with Crippen LogP contribution >= 0.6 is 0 Å². The van der Waals surface area contributed by atoms with E-state index in [0.717, 1.165) is 91.1 Å². The molecule has 6 aliphatic carbocycles. The highest BCUT2D eigenvalue weighted by Gasteiger charge is 2.59. The van der Waals surface area contributed by atoms with Gasteiger partial charge in [-0.3, -0.25) is 8.47 Å².